The zero-order valence-electron chi connectivity index (χ0n) is 53.1. The molecule has 3 heterocycles. The Morgan fingerprint density at radius 3 is 1.01 bits per heavy atom. The number of ketones is 1. The van der Waals surface area contributed by atoms with Gasteiger partial charge in [0.1, 0.15) is 5.76 Å². The molecule has 5 nitrogen and oxygen atoms in total. The first-order valence-electron chi connectivity index (χ1n) is 34.0. The number of aryl methyl sites for hydroxylation is 4. The third-order valence-electron chi connectivity index (χ3n) is 16.4. The average Bonchev–Trinajstić information content (AvgIpc) is 4.33. The summed E-state index contributed by atoms with van der Waals surface area (Å²) in [5, 5.41) is 12.0. The summed E-state index contributed by atoms with van der Waals surface area (Å²) in [6.07, 6.45) is 56.3. The van der Waals surface area contributed by atoms with E-state index in [2.05, 4.69) is 60.6 Å². The highest BCUT2D eigenvalue weighted by Crippen LogP contribution is 2.46. The molecule has 0 bridgehead atoms. The Hall–Kier alpha value is -3.07. The van der Waals surface area contributed by atoms with E-state index in [1.54, 1.807) is 22.7 Å². The molecule has 4 rings (SSSR count). The normalized spacial score (nSPS) is 11.8. The minimum atomic E-state index is -0.216. The van der Waals surface area contributed by atoms with Gasteiger partial charge in [0.05, 0.1) is 24.7 Å². The number of aliphatic hydroxyl groups is 1. The molecule has 0 aliphatic carbocycles. The molecular weight excluding hydrogens is 1050 g/mol. The summed E-state index contributed by atoms with van der Waals surface area (Å²) in [7, 11) is 0. The second-order valence-electron chi connectivity index (χ2n) is 24.0. The van der Waals surface area contributed by atoms with Crippen molar-refractivity contribution in [2.75, 3.05) is 19.8 Å². The van der Waals surface area contributed by atoms with Gasteiger partial charge in [0.25, 0.3) is 0 Å². The van der Waals surface area contributed by atoms with Crippen molar-refractivity contribution in [1.82, 2.24) is 0 Å². The van der Waals surface area contributed by atoms with E-state index in [0.29, 0.717) is 47.5 Å². The lowest BCUT2D eigenvalue weighted by atomic mass is 10.0. The highest BCUT2D eigenvalue weighted by atomic mass is 32.1. The highest BCUT2D eigenvalue weighted by molar-refractivity contribution is 7.19. The van der Waals surface area contributed by atoms with E-state index in [9.17, 15) is 9.90 Å². The highest BCUT2D eigenvalue weighted by Gasteiger charge is 2.23. The fourth-order valence-electron chi connectivity index (χ4n) is 11.5. The Labute approximate surface area is 509 Å². The van der Waals surface area contributed by atoms with Gasteiger partial charge in [-0.05, 0) is 82.9 Å². The van der Waals surface area contributed by atoms with E-state index in [4.69, 9.17) is 14.2 Å². The number of unbranched alkanes of at least 4 members (excludes halogenated alkanes) is 39. The van der Waals surface area contributed by atoms with Gasteiger partial charge in [-0.25, -0.2) is 0 Å². The molecular formula is C73H118O5S3. The molecule has 4 aromatic rings. The van der Waals surface area contributed by atoms with Gasteiger partial charge in [-0.2, -0.15) is 0 Å². The van der Waals surface area contributed by atoms with E-state index >= 15 is 0 Å². The van der Waals surface area contributed by atoms with Gasteiger partial charge in [0.2, 0.25) is 5.75 Å². The fraction of sp³-hybridized carbons (Fsp3) is 0.712. The molecule has 0 fully saturated rings. The minimum Gasteiger partial charge on any atom is -0.507 e. The molecule has 0 aliphatic rings. The summed E-state index contributed by atoms with van der Waals surface area (Å²) in [5.41, 5.74) is 3.94. The van der Waals surface area contributed by atoms with E-state index in [0.717, 1.165) is 49.0 Å². The zero-order chi connectivity index (χ0) is 58.0. The smallest absolute Gasteiger partial charge is 0.203 e. The van der Waals surface area contributed by atoms with Gasteiger partial charge < -0.3 is 19.3 Å². The van der Waals surface area contributed by atoms with Gasteiger partial charge in [-0.15, -0.1) is 34.0 Å². The van der Waals surface area contributed by atoms with Crippen molar-refractivity contribution in [3.8, 4) is 38.8 Å². The van der Waals surface area contributed by atoms with Crippen molar-refractivity contribution < 1.29 is 24.1 Å². The van der Waals surface area contributed by atoms with Gasteiger partial charge in [0.15, 0.2) is 17.3 Å². The topological polar surface area (TPSA) is 65.0 Å². The Bertz CT molecular complexity index is 2120. The van der Waals surface area contributed by atoms with E-state index in [1.165, 1.54) is 279 Å². The Kier molecular flexibility index (Phi) is 39.4. The number of carbonyl (C=O) groups is 1. The number of allylic oxidation sites excluding steroid dienone is 1. The standard InChI is InChI=1S/C73H118O5S3/c1-8-11-14-17-20-23-26-29-32-35-38-41-44-47-50-76-69-55-63(67(74)58-68(75)71-57-66(64-53-59(4)79-61(64)6)73(81-71)65-54-60(5)80-62(65)7)56-70(77-51-48-45-42-39-36-33-30-27-24-21-18-15-12-9-2)72(69)78-52-49-46-43-40-37-34-31-28-25-22-19-16-13-10-3/h53-58,74H,8-52H2,1-7H3/b67-58-. The molecule has 0 spiro atoms. The third-order valence-corrected chi connectivity index (χ3v) is 19.5. The quantitative estimate of drug-likeness (QED) is 0.0207. The van der Waals surface area contributed by atoms with Crippen LogP contribution in [0.3, 0.4) is 0 Å². The second kappa shape index (κ2) is 45.3. The van der Waals surface area contributed by atoms with Gasteiger partial charge >= 0.3 is 0 Å². The summed E-state index contributed by atoms with van der Waals surface area (Å²) < 4.78 is 20.1. The predicted molar refractivity (Wildman–Crippen MR) is 359 cm³/mol. The first-order chi connectivity index (χ1) is 39.7. The van der Waals surface area contributed by atoms with Crippen LogP contribution >= 0.6 is 34.0 Å². The van der Waals surface area contributed by atoms with Gasteiger partial charge in [0, 0.05) is 47.2 Å². The number of rotatable bonds is 53. The molecule has 0 saturated carbocycles. The van der Waals surface area contributed by atoms with E-state index in [-0.39, 0.29) is 11.5 Å². The molecule has 8 heteroatoms. The Morgan fingerprint density at radius 2 is 0.691 bits per heavy atom. The molecule has 1 aromatic carbocycles. The average molecular weight is 1170 g/mol. The van der Waals surface area contributed by atoms with E-state index < -0.39 is 0 Å². The lowest BCUT2D eigenvalue weighted by Gasteiger charge is -2.19. The fourth-order valence-corrected chi connectivity index (χ4v) is 14.5. The molecule has 81 heavy (non-hydrogen) atoms. The Morgan fingerprint density at radius 1 is 0.383 bits per heavy atom. The number of hydrogen-bond donors (Lipinski definition) is 1. The van der Waals surface area contributed by atoms with Crippen LogP contribution in [0.1, 0.15) is 325 Å². The Balaban J connectivity index is 1.46. The number of carbonyl (C=O) groups excluding carboxylic acids is 1. The minimum absolute atomic E-state index is 0.0946. The molecule has 0 aliphatic heterocycles. The molecule has 0 atom stereocenters. The van der Waals surface area contributed by atoms with Crippen molar-refractivity contribution >= 4 is 45.6 Å². The molecule has 1 N–H and O–H groups in total. The van der Waals surface area contributed by atoms with Crippen LogP contribution in [0.15, 0.2) is 36.4 Å². The first kappa shape index (κ1) is 70.4. The summed E-state index contributed by atoms with van der Waals surface area (Å²) >= 11 is 5.10. The van der Waals surface area contributed by atoms with Crippen LogP contribution in [0.25, 0.3) is 27.3 Å². The lowest BCUT2D eigenvalue weighted by molar-refractivity contribution is 0.104. The number of benzene rings is 1. The zero-order valence-corrected chi connectivity index (χ0v) is 55.5. The van der Waals surface area contributed by atoms with Crippen molar-refractivity contribution in [1.29, 1.82) is 0 Å². The maximum atomic E-state index is 14.4. The maximum absolute atomic E-state index is 14.4. The molecule has 0 saturated heterocycles. The third kappa shape index (κ3) is 30.0. The molecule has 3 aromatic heterocycles. The van der Waals surface area contributed by atoms with Crippen LogP contribution in [-0.2, 0) is 0 Å². The predicted octanol–water partition coefficient (Wildman–Crippen LogP) is 25.8. The van der Waals surface area contributed by atoms with Crippen molar-refractivity contribution in [3.05, 3.63) is 66.4 Å². The molecule has 458 valence electrons. The van der Waals surface area contributed by atoms with Gasteiger partial charge in [-0.3, -0.25) is 4.79 Å². The first-order valence-corrected chi connectivity index (χ1v) is 36.4. The van der Waals surface area contributed by atoms with E-state index in [1.807, 2.05) is 18.2 Å². The van der Waals surface area contributed by atoms with Crippen LogP contribution in [0, 0.1) is 27.7 Å². The SMILES string of the molecule is CCCCCCCCCCCCCCCCOc1cc(/C(O)=C/C(=O)c2cc(-c3cc(C)sc3C)c(-c3cc(C)sc3C)s2)cc(OCCCCCCCCCCCCCCCC)c1OCCCCCCCCCCCCCCCC. The maximum Gasteiger partial charge on any atom is 0.203 e. The van der Waals surface area contributed by atoms with Crippen LogP contribution in [0.5, 0.6) is 17.2 Å². The van der Waals surface area contributed by atoms with Crippen molar-refractivity contribution in [3.63, 3.8) is 0 Å². The summed E-state index contributed by atoms with van der Waals surface area (Å²) in [5.74, 6) is 1.49. The molecule has 0 amide bonds. The number of ether oxygens (including phenoxy) is 3. The summed E-state index contributed by atoms with van der Waals surface area (Å²) in [4.78, 5) is 21.1. The van der Waals surface area contributed by atoms with Crippen LogP contribution in [-0.4, -0.2) is 30.7 Å². The van der Waals surface area contributed by atoms with Gasteiger partial charge in [-0.1, -0.05) is 271 Å². The summed E-state index contributed by atoms with van der Waals surface area (Å²) in [6.45, 7) is 17.2. The number of hydrogen-bond acceptors (Lipinski definition) is 8. The number of aliphatic hydroxyl groups excluding tert-OH is 1. The lowest BCUT2D eigenvalue weighted by Crippen LogP contribution is -2.07. The number of thiophene rings is 3. The van der Waals surface area contributed by atoms with Crippen molar-refractivity contribution in [2.45, 2.75) is 318 Å². The summed E-state index contributed by atoms with van der Waals surface area (Å²) in [6, 6.07) is 10.3. The van der Waals surface area contributed by atoms with Crippen LogP contribution in [0.2, 0.25) is 0 Å². The second-order valence-corrected chi connectivity index (χ2v) is 28.0. The largest absolute Gasteiger partial charge is 0.507 e. The van der Waals surface area contributed by atoms with Crippen LogP contribution in [0.4, 0.5) is 0 Å². The molecule has 0 unspecified atom stereocenters. The monoisotopic (exact) mass is 1170 g/mol. The van der Waals surface area contributed by atoms with Crippen molar-refractivity contribution in [2.24, 2.45) is 0 Å². The van der Waals surface area contributed by atoms with Crippen LogP contribution < -0.4 is 14.2 Å². The molecule has 0 radical (unpaired) electrons.